The molecule has 0 amide bonds. The van der Waals surface area contributed by atoms with E-state index in [4.69, 9.17) is 19.7 Å². The summed E-state index contributed by atoms with van der Waals surface area (Å²) in [6.45, 7) is 11.7. The van der Waals surface area contributed by atoms with Crippen LogP contribution in [0.1, 0.15) is 48.8 Å². The van der Waals surface area contributed by atoms with E-state index in [1.165, 1.54) is 53.5 Å². The Morgan fingerprint density at radius 2 is 1.38 bits per heavy atom. The van der Waals surface area contributed by atoms with Gasteiger partial charge in [0.2, 0.25) is 0 Å². The number of unbranched alkanes of at least 4 members (excludes halogenated alkanes) is 2. The summed E-state index contributed by atoms with van der Waals surface area (Å²) in [5.74, 6) is 0.284. The van der Waals surface area contributed by atoms with Crippen LogP contribution in [0.5, 0.6) is 0 Å². The predicted molar refractivity (Wildman–Crippen MR) is 151 cm³/mol. The van der Waals surface area contributed by atoms with E-state index in [2.05, 4.69) is 69.5 Å². The van der Waals surface area contributed by atoms with Gasteiger partial charge in [0, 0.05) is 31.3 Å². The van der Waals surface area contributed by atoms with Crippen molar-refractivity contribution in [2.75, 3.05) is 40.6 Å². The first-order valence-corrected chi connectivity index (χ1v) is 12.5. The van der Waals surface area contributed by atoms with Crippen molar-refractivity contribution in [2.24, 2.45) is 0 Å². The zero-order valence-electron chi connectivity index (χ0n) is 22.9. The lowest BCUT2D eigenvalue weighted by Gasteiger charge is -2.16. The molecule has 0 aliphatic rings. The van der Waals surface area contributed by atoms with Crippen LogP contribution >= 0.6 is 0 Å². The molecule has 0 unspecified atom stereocenters. The van der Waals surface area contributed by atoms with Crippen LogP contribution in [0.25, 0.3) is 11.1 Å². The van der Waals surface area contributed by atoms with Gasteiger partial charge in [-0.3, -0.25) is 9.59 Å². The zero-order chi connectivity index (χ0) is 28.1. The summed E-state index contributed by atoms with van der Waals surface area (Å²) in [5, 5.41) is 16.0. The molecule has 0 aromatic heterocycles. The molecule has 37 heavy (non-hydrogen) atoms. The van der Waals surface area contributed by atoms with Crippen LogP contribution in [-0.4, -0.2) is 63.4 Å². The Kier molecular flexibility index (Phi) is 19.5. The van der Waals surface area contributed by atoms with Gasteiger partial charge in [0.15, 0.2) is 0 Å². The number of hydrogen-bond acceptors (Lipinski definition) is 6. The molecule has 6 heteroatoms. The molecule has 0 radical (unpaired) electrons. The highest BCUT2D eigenvalue weighted by Crippen LogP contribution is 2.26. The molecule has 0 saturated carbocycles. The quantitative estimate of drug-likeness (QED) is 0.204. The molecule has 6 nitrogen and oxygen atoms in total. The Morgan fingerprint density at radius 3 is 1.76 bits per heavy atom. The lowest BCUT2D eigenvalue weighted by molar-refractivity contribution is -0.106. The number of carbonyl (C=O) groups excluding carboxylic acids is 2. The SMILES string of the molecule is C=C(C=O)CO.C=C(C=O)CO.CCCCCc1ccc(-c2ccc(C(COC)COC)cc2)cc1C. The van der Waals surface area contributed by atoms with Crippen molar-refractivity contribution in [2.45, 2.75) is 45.4 Å². The van der Waals surface area contributed by atoms with E-state index < -0.39 is 0 Å². The summed E-state index contributed by atoms with van der Waals surface area (Å²) < 4.78 is 10.6. The number of benzene rings is 2. The maximum absolute atomic E-state index is 9.48. The molecule has 0 atom stereocenters. The van der Waals surface area contributed by atoms with Gasteiger partial charge in [-0.25, -0.2) is 0 Å². The normalized spacial score (nSPS) is 10.0. The zero-order valence-corrected chi connectivity index (χ0v) is 22.9. The fourth-order valence-corrected chi connectivity index (χ4v) is 3.39. The summed E-state index contributed by atoms with van der Waals surface area (Å²) >= 11 is 0. The Hall–Kier alpha value is -2.90. The Balaban J connectivity index is 0.000000896. The fraction of sp³-hybridized carbons (Fsp3) is 0.419. The number of aryl methyl sites for hydroxylation is 2. The molecule has 0 heterocycles. The number of aliphatic hydroxyl groups is 2. The van der Waals surface area contributed by atoms with Gasteiger partial charge in [0.25, 0.3) is 0 Å². The molecule has 0 aliphatic heterocycles. The Labute approximate surface area is 222 Å². The highest BCUT2D eigenvalue weighted by molar-refractivity contribution is 5.72. The minimum Gasteiger partial charge on any atom is -0.392 e. The summed E-state index contributed by atoms with van der Waals surface area (Å²) in [5.41, 5.74) is 7.13. The average Bonchev–Trinajstić information content (AvgIpc) is 2.93. The largest absolute Gasteiger partial charge is 0.392 e. The monoisotopic (exact) mass is 512 g/mol. The van der Waals surface area contributed by atoms with E-state index >= 15 is 0 Å². The van der Waals surface area contributed by atoms with E-state index in [-0.39, 0.29) is 30.3 Å². The molecule has 2 aromatic carbocycles. The van der Waals surface area contributed by atoms with Gasteiger partial charge in [-0.05, 0) is 47.6 Å². The first-order chi connectivity index (χ1) is 17.8. The van der Waals surface area contributed by atoms with Gasteiger partial charge in [-0.1, -0.05) is 75.4 Å². The average molecular weight is 513 g/mol. The first kappa shape index (κ1) is 34.1. The van der Waals surface area contributed by atoms with E-state index in [0.29, 0.717) is 25.8 Å². The van der Waals surface area contributed by atoms with Crippen LogP contribution in [-0.2, 0) is 25.5 Å². The number of aliphatic hydroxyl groups excluding tert-OH is 2. The first-order valence-electron chi connectivity index (χ1n) is 12.5. The molecule has 0 saturated heterocycles. The minimum absolute atomic E-state index is 0.218. The molecule has 2 rings (SSSR count). The minimum atomic E-state index is -0.233. The molecule has 0 spiro atoms. The van der Waals surface area contributed by atoms with E-state index in [1.54, 1.807) is 14.2 Å². The van der Waals surface area contributed by atoms with Gasteiger partial charge in [-0.2, -0.15) is 0 Å². The van der Waals surface area contributed by atoms with Gasteiger partial charge in [0.1, 0.15) is 12.6 Å². The summed E-state index contributed by atoms with van der Waals surface area (Å²) in [4.78, 5) is 19.0. The number of methoxy groups -OCH3 is 2. The van der Waals surface area contributed by atoms with Crippen LogP contribution in [0, 0.1) is 6.92 Å². The Bertz CT molecular complexity index is 907. The summed E-state index contributed by atoms with van der Waals surface area (Å²) in [6.07, 6.45) is 6.11. The predicted octanol–water partition coefficient (Wildman–Crippen LogP) is 5.24. The van der Waals surface area contributed by atoms with Crippen molar-refractivity contribution in [1.82, 2.24) is 0 Å². The molecular formula is C31H44O6. The summed E-state index contributed by atoms with van der Waals surface area (Å²) in [6, 6.07) is 15.7. The number of hydrogen-bond donors (Lipinski definition) is 2. The molecule has 0 bridgehead atoms. The van der Waals surface area contributed by atoms with Crippen molar-refractivity contribution < 1.29 is 29.3 Å². The van der Waals surface area contributed by atoms with Crippen LogP contribution in [0.2, 0.25) is 0 Å². The number of ether oxygens (including phenoxy) is 2. The van der Waals surface area contributed by atoms with Crippen LogP contribution in [0.3, 0.4) is 0 Å². The van der Waals surface area contributed by atoms with E-state index in [1.807, 2.05) is 0 Å². The second kappa shape index (κ2) is 21.2. The van der Waals surface area contributed by atoms with Crippen molar-refractivity contribution in [3.8, 4) is 11.1 Å². The second-order valence-corrected chi connectivity index (χ2v) is 8.70. The smallest absolute Gasteiger partial charge is 0.147 e. The number of aldehydes is 2. The van der Waals surface area contributed by atoms with Gasteiger partial charge in [0.05, 0.1) is 26.4 Å². The van der Waals surface area contributed by atoms with Crippen LogP contribution in [0.4, 0.5) is 0 Å². The third kappa shape index (κ3) is 14.4. The van der Waals surface area contributed by atoms with E-state index in [0.717, 1.165) is 0 Å². The summed E-state index contributed by atoms with van der Waals surface area (Å²) in [7, 11) is 3.48. The topological polar surface area (TPSA) is 93.1 Å². The second-order valence-electron chi connectivity index (χ2n) is 8.70. The highest BCUT2D eigenvalue weighted by Gasteiger charge is 2.11. The van der Waals surface area contributed by atoms with E-state index in [9.17, 15) is 9.59 Å². The van der Waals surface area contributed by atoms with Crippen molar-refractivity contribution in [3.05, 3.63) is 83.5 Å². The number of carbonyl (C=O) groups is 2. The third-order valence-corrected chi connectivity index (χ3v) is 5.58. The maximum Gasteiger partial charge on any atom is 0.147 e. The molecule has 2 N–H and O–H groups in total. The van der Waals surface area contributed by atoms with Crippen LogP contribution < -0.4 is 0 Å². The number of rotatable bonds is 14. The molecule has 0 fully saturated rings. The van der Waals surface area contributed by atoms with Crippen molar-refractivity contribution in [3.63, 3.8) is 0 Å². The van der Waals surface area contributed by atoms with Gasteiger partial charge < -0.3 is 19.7 Å². The molecule has 0 aliphatic carbocycles. The maximum atomic E-state index is 9.48. The lowest BCUT2D eigenvalue weighted by Crippen LogP contribution is -2.12. The molecule has 2 aromatic rings. The van der Waals surface area contributed by atoms with Gasteiger partial charge >= 0.3 is 0 Å². The highest BCUT2D eigenvalue weighted by atomic mass is 16.5. The van der Waals surface area contributed by atoms with Gasteiger partial charge in [-0.15, -0.1) is 0 Å². The third-order valence-electron chi connectivity index (χ3n) is 5.58. The van der Waals surface area contributed by atoms with Crippen molar-refractivity contribution in [1.29, 1.82) is 0 Å². The molecular weight excluding hydrogens is 468 g/mol. The van der Waals surface area contributed by atoms with Crippen molar-refractivity contribution >= 4 is 12.6 Å². The molecule has 204 valence electrons. The fourth-order valence-electron chi connectivity index (χ4n) is 3.39. The lowest BCUT2D eigenvalue weighted by atomic mass is 9.94. The van der Waals surface area contributed by atoms with Crippen LogP contribution in [0.15, 0.2) is 66.8 Å². The Morgan fingerprint density at radius 1 is 0.865 bits per heavy atom. The standard InChI is InChI=1S/C23H32O2.2C4H6O2/c1-5-6-7-8-19-9-14-22(15-18(19)2)20-10-12-21(13-11-20)23(16-24-3)17-25-4;2*1-4(2-5)3-6/h9-15,23H,5-8,16-17H2,1-4H3;2*2,6H,1,3H2.